The van der Waals surface area contributed by atoms with Crippen molar-refractivity contribution >= 4 is 5.69 Å². The quantitative estimate of drug-likeness (QED) is 0.467. The first-order valence-electron chi connectivity index (χ1n) is 6.06. The average molecular weight is 281 g/mol. The molecule has 0 bridgehead atoms. The van der Waals surface area contributed by atoms with E-state index in [-0.39, 0.29) is 31.1 Å². The molecule has 2 rings (SSSR count). The molecule has 0 radical (unpaired) electrons. The summed E-state index contributed by atoms with van der Waals surface area (Å²) < 4.78 is 10.2. The number of rotatable bonds is 6. The number of nitrogens with zero attached hydrogens (tertiary/aromatic N) is 1. The molecule has 1 atom stereocenters. The Labute approximate surface area is 115 Å². The van der Waals surface area contributed by atoms with E-state index in [0.29, 0.717) is 23.5 Å². The lowest BCUT2D eigenvalue weighted by molar-refractivity contribution is -0.386. The molecule has 1 aromatic carbocycles. The molecular weight excluding hydrogens is 266 g/mol. The zero-order chi connectivity index (χ0) is 14.7. The van der Waals surface area contributed by atoms with E-state index < -0.39 is 11.0 Å². The largest absolute Gasteiger partial charge is 0.454 e. The van der Waals surface area contributed by atoms with Crippen LogP contribution in [0.15, 0.2) is 24.3 Å². The Morgan fingerprint density at radius 3 is 2.70 bits per heavy atom. The van der Waals surface area contributed by atoms with Gasteiger partial charge in [-0.05, 0) is 18.9 Å². The third-order valence-corrected chi connectivity index (χ3v) is 3.02. The van der Waals surface area contributed by atoms with E-state index in [2.05, 4.69) is 6.58 Å². The molecule has 1 heterocycles. The van der Waals surface area contributed by atoms with Crippen molar-refractivity contribution < 1.29 is 24.6 Å². The van der Waals surface area contributed by atoms with E-state index in [1.165, 1.54) is 12.1 Å². The molecule has 0 aliphatic carbocycles. The highest BCUT2D eigenvalue weighted by molar-refractivity contribution is 5.56. The molecular formula is C13H15NO6. The molecule has 0 fully saturated rings. The third-order valence-electron chi connectivity index (χ3n) is 3.02. The van der Waals surface area contributed by atoms with Gasteiger partial charge >= 0.3 is 0 Å². The van der Waals surface area contributed by atoms with Gasteiger partial charge in [-0.3, -0.25) is 10.1 Å². The van der Waals surface area contributed by atoms with Crippen LogP contribution < -0.4 is 9.47 Å². The average Bonchev–Trinajstić information content (AvgIpc) is 2.84. The zero-order valence-corrected chi connectivity index (χ0v) is 10.7. The second-order valence-corrected chi connectivity index (χ2v) is 4.46. The van der Waals surface area contributed by atoms with Crippen molar-refractivity contribution in [2.45, 2.75) is 18.9 Å². The lowest BCUT2D eigenvalue weighted by Gasteiger charge is -2.13. The summed E-state index contributed by atoms with van der Waals surface area (Å²) in [7, 11) is 0. The molecule has 0 aromatic heterocycles. The molecule has 1 aromatic rings. The first-order valence-corrected chi connectivity index (χ1v) is 6.06. The maximum absolute atomic E-state index is 11.1. The van der Waals surface area contributed by atoms with Crippen LogP contribution in [0, 0.1) is 10.1 Å². The minimum atomic E-state index is -1.08. The van der Waals surface area contributed by atoms with Crippen LogP contribution in [0.5, 0.6) is 11.5 Å². The van der Waals surface area contributed by atoms with Crippen LogP contribution in [-0.2, 0) is 0 Å². The summed E-state index contributed by atoms with van der Waals surface area (Å²) >= 11 is 0. The van der Waals surface area contributed by atoms with E-state index in [1.54, 1.807) is 0 Å². The van der Waals surface area contributed by atoms with Crippen LogP contribution in [0.3, 0.4) is 0 Å². The van der Waals surface area contributed by atoms with Gasteiger partial charge in [-0.15, -0.1) is 0 Å². The van der Waals surface area contributed by atoms with Gasteiger partial charge in [-0.1, -0.05) is 12.2 Å². The maximum atomic E-state index is 11.1. The highest BCUT2D eigenvalue weighted by Gasteiger charge is 2.27. The summed E-state index contributed by atoms with van der Waals surface area (Å²) in [4.78, 5) is 10.5. The smallest absolute Gasteiger partial charge is 0.279 e. The molecule has 20 heavy (non-hydrogen) atoms. The Balaban J connectivity index is 2.29. The summed E-state index contributed by atoms with van der Waals surface area (Å²) in [5, 5.41) is 30.0. The number of fused-ring (bicyclic) bond motifs is 1. The Morgan fingerprint density at radius 2 is 2.10 bits per heavy atom. The Morgan fingerprint density at radius 1 is 1.45 bits per heavy atom. The summed E-state index contributed by atoms with van der Waals surface area (Å²) in [5.41, 5.74) is 0.545. The summed E-state index contributed by atoms with van der Waals surface area (Å²) in [6.45, 7) is 3.64. The summed E-state index contributed by atoms with van der Waals surface area (Å²) in [5.74, 6) is 0.666. The van der Waals surface area contributed by atoms with E-state index in [0.717, 1.165) is 0 Å². The highest BCUT2D eigenvalue weighted by atomic mass is 16.7. The normalized spacial score (nSPS) is 14.1. The standard InChI is InChI=1S/C13H15NO6/c1-8(2-3-15)4-11(16)9-5-12-13(20-7-19-12)6-10(9)14(17)18/h5-6,11,15-16H,1-4,7H2. The van der Waals surface area contributed by atoms with Crippen LogP contribution in [-0.4, -0.2) is 28.5 Å². The number of hydrogen-bond acceptors (Lipinski definition) is 6. The first-order chi connectivity index (χ1) is 9.52. The predicted octanol–water partition coefficient (Wildman–Crippen LogP) is 1.69. The van der Waals surface area contributed by atoms with Crippen molar-refractivity contribution in [2.75, 3.05) is 13.4 Å². The van der Waals surface area contributed by atoms with Crippen molar-refractivity contribution in [3.05, 3.63) is 40.0 Å². The fraction of sp³-hybridized carbons (Fsp3) is 0.385. The van der Waals surface area contributed by atoms with Crippen molar-refractivity contribution in [2.24, 2.45) is 0 Å². The molecule has 0 spiro atoms. The molecule has 108 valence electrons. The third kappa shape index (κ3) is 2.89. The van der Waals surface area contributed by atoms with E-state index in [4.69, 9.17) is 14.6 Å². The first kappa shape index (κ1) is 14.3. The molecule has 2 N–H and O–H groups in total. The second-order valence-electron chi connectivity index (χ2n) is 4.46. The molecule has 1 aliphatic rings. The number of nitro groups is 1. The SMILES string of the molecule is C=C(CCO)CC(O)c1cc2c(cc1[N+](=O)[O-])OCO2. The van der Waals surface area contributed by atoms with Gasteiger partial charge in [0, 0.05) is 6.61 Å². The van der Waals surface area contributed by atoms with Crippen LogP contribution in [0.2, 0.25) is 0 Å². The van der Waals surface area contributed by atoms with Crippen LogP contribution in [0.25, 0.3) is 0 Å². The molecule has 1 aliphatic heterocycles. The molecule has 7 nitrogen and oxygen atoms in total. The second kappa shape index (κ2) is 5.89. The minimum absolute atomic E-state index is 0.00323. The van der Waals surface area contributed by atoms with Crippen molar-refractivity contribution in [3.63, 3.8) is 0 Å². The molecule has 0 amide bonds. The number of aliphatic hydroxyl groups excluding tert-OH is 2. The van der Waals surface area contributed by atoms with Crippen LogP contribution >= 0.6 is 0 Å². The highest BCUT2D eigenvalue weighted by Crippen LogP contribution is 2.41. The minimum Gasteiger partial charge on any atom is -0.454 e. The number of benzene rings is 1. The number of ether oxygens (including phenoxy) is 2. The van der Waals surface area contributed by atoms with Gasteiger partial charge in [-0.2, -0.15) is 0 Å². The van der Waals surface area contributed by atoms with Gasteiger partial charge < -0.3 is 19.7 Å². The number of hydrogen-bond donors (Lipinski definition) is 2. The molecule has 0 saturated heterocycles. The fourth-order valence-electron chi connectivity index (χ4n) is 2.02. The lowest BCUT2D eigenvalue weighted by atomic mass is 9.99. The topological polar surface area (TPSA) is 102 Å². The van der Waals surface area contributed by atoms with Gasteiger partial charge in [0.1, 0.15) is 0 Å². The van der Waals surface area contributed by atoms with Crippen LogP contribution in [0.1, 0.15) is 24.5 Å². The van der Waals surface area contributed by atoms with E-state index in [1.807, 2.05) is 0 Å². The van der Waals surface area contributed by atoms with E-state index >= 15 is 0 Å². The van der Waals surface area contributed by atoms with Gasteiger partial charge in [0.15, 0.2) is 11.5 Å². The molecule has 7 heteroatoms. The van der Waals surface area contributed by atoms with Crippen molar-refractivity contribution in [1.29, 1.82) is 0 Å². The fourth-order valence-corrected chi connectivity index (χ4v) is 2.02. The van der Waals surface area contributed by atoms with Gasteiger partial charge in [0.25, 0.3) is 5.69 Å². The van der Waals surface area contributed by atoms with Gasteiger partial charge in [0.05, 0.1) is 22.7 Å². The van der Waals surface area contributed by atoms with Gasteiger partial charge in [-0.25, -0.2) is 0 Å². The van der Waals surface area contributed by atoms with Crippen molar-refractivity contribution in [1.82, 2.24) is 0 Å². The predicted molar refractivity (Wildman–Crippen MR) is 69.6 cm³/mol. The molecule has 1 unspecified atom stereocenters. The number of nitro benzene ring substituents is 1. The maximum Gasteiger partial charge on any atom is 0.279 e. The van der Waals surface area contributed by atoms with Crippen molar-refractivity contribution in [3.8, 4) is 11.5 Å². The van der Waals surface area contributed by atoms with E-state index in [9.17, 15) is 15.2 Å². The zero-order valence-electron chi connectivity index (χ0n) is 10.7. The molecule has 0 saturated carbocycles. The monoisotopic (exact) mass is 281 g/mol. The Bertz CT molecular complexity index is 542. The summed E-state index contributed by atoms with van der Waals surface area (Å²) in [6.07, 6.45) is -0.597. The summed E-state index contributed by atoms with van der Waals surface area (Å²) in [6, 6.07) is 2.66. The Hall–Kier alpha value is -2.12. The number of aliphatic hydroxyl groups is 2. The Kier molecular flexibility index (Phi) is 4.21. The lowest BCUT2D eigenvalue weighted by Crippen LogP contribution is -2.04. The van der Waals surface area contributed by atoms with Gasteiger partial charge in [0.2, 0.25) is 6.79 Å². The van der Waals surface area contributed by atoms with Crippen LogP contribution in [0.4, 0.5) is 5.69 Å².